The number of amidine groups is 1. The largest absolute Gasteiger partial charge is 0.496 e. The van der Waals surface area contributed by atoms with E-state index in [-0.39, 0.29) is 12.3 Å². The molecule has 0 saturated heterocycles. The van der Waals surface area contributed by atoms with Crippen LogP contribution in [0.25, 0.3) is 0 Å². The van der Waals surface area contributed by atoms with Gasteiger partial charge in [0.15, 0.2) is 5.17 Å². The van der Waals surface area contributed by atoms with Crippen molar-refractivity contribution in [2.24, 2.45) is 4.99 Å². The van der Waals surface area contributed by atoms with Gasteiger partial charge in [0.2, 0.25) is 5.91 Å². The van der Waals surface area contributed by atoms with Gasteiger partial charge in [-0.2, -0.15) is 0 Å². The first-order chi connectivity index (χ1) is 17.2. The molecule has 2 aromatic rings. The lowest BCUT2D eigenvalue weighted by molar-refractivity contribution is -0.150. The Balaban J connectivity index is 1.66. The van der Waals surface area contributed by atoms with Crippen LogP contribution in [0.3, 0.4) is 0 Å². The second-order valence-corrected chi connectivity index (χ2v) is 10.2. The molecule has 0 radical (unpaired) electrons. The van der Waals surface area contributed by atoms with Gasteiger partial charge < -0.3 is 19.7 Å². The lowest BCUT2D eigenvalue weighted by atomic mass is 9.93. The number of hydrogen-bond acceptors (Lipinski definition) is 8. The minimum atomic E-state index is -0.677. The molecular formula is C27H30N4O4S. The van der Waals surface area contributed by atoms with Crippen molar-refractivity contribution in [2.75, 3.05) is 7.11 Å². The number of thioether (sulfide) groups is 1. The maximum Gasteiger partial charge on any atom is 0.338 e. The number of methoxy groups -OCH3 is 1. The number of rotatable bonds is 7. The number of allylic oxidation sites excluding steroid dienone is 1. The first-order valence-electron chi connectivity index (χ1n) is 11.6. The molecular weight excluding hydrogens is 476 g/mol. The van der Waals surface area contributed by atoms with Crippen molar-refractivity contribution >= 4 is 28.8 Å². The van der Waals surface area contributed by atoms with Gasteiger partial charge in [-0.25, -0.2) is 9.79 Å². The van der Waals surface area contributed by atoms with Crippen molar-refractivity contribution in [3.63, 3.8) is 0 Å². The Morgan fingerprint density at radius 1 is 1.14 bits per heavy atom. The fraction of sp³-hybridized carbons (Fsp3) is 0.333. The van der Waals surface area contributed by atoms with Crippen molar-refractivity contribution < 1.29 is 19.1 Å². The lowest BCUT2D eigenvalue weighted by Crippen LogP contribution is -2.39. The number of fused-ring (bicyclic) bond motifs is 1. The molecule has 0 unspecified atom stereocenters. The van der Waals surface area contributed by atoms with Gasteiger partial charge in [0, 0.05) is 17.5 Å². The monoisotopic (exact) mass is 506 g/mol. The summed E-state index contributed by atoms with van der Waals surface area (Å²) in [5.74, 6) is 0.0284. The van der Waals surface area contributed by atoms with Gasteiger partial charge in [0.25, 0.3) is 0 Å². The number of nitrogens with zero attached hydrogens (tertiary/aromatic N) is 3. The molecule has 0 bridgehead atoms. The number of aromatic nitrogens is 1. The minimum absolute atomic E-state index is 0.116. The molecule has 2 aliphatic heterocycles. The predicted octanol–water partition coefficient (Wildman–Crippen LogP) is 4.71. The Hall–Kier alpha value is -3.59. The number of esters is 1. The fourth-order valence-corrected chi connectivity index (χ4v) is 5.03. The molecule has 1 aromatic carbocycles. The van der Waals surface area contributed by atoms with E-state index in [1.165, 1.54) is 11.8 Å². The van der Waals surface area contributed by atoms with Crippen LogP contribution in [0.1, 0.15) is 51.4 Å². The number of nitrogens with one attached hydrogen (secondary N) is 1. The highest BCUT2D eigenvalue weighted by molar-refractivity contribution is 8.16. The Morgan fingerprint density at radius 2 is 1.89 bits per heavy atom. The number of benzene rings is 1. The molecule has 1 N–H and O–H groups in total. The van der Waals surface area contributed by atoms with Crippen LogP contribution in [0, 0.1) is 0 Å². The Morgan fingerprint density at radius 3 is 2.58 bits per heavy atom. The first kappa shape index (κ1) is 25.5. The average molecular weight is 507 g/mol. The summed E-state index contributed by atoms with van der Waals surface area (Å²) in [5.41, 5.74) is 2.62. The summed E-state index contributed by atoms with van der Waals surface area (Å²) in [7, 11) is 1.60. The van der Waals surface area contributed by atoms with Crippen LogP contribution in [-0.2, 0) is 20.9 Å². The molecule has 0 fully saturated rings. The number of para-hydroxylation sites is 1. The summed E-state index contributed by atoms with van der Waals surface area (Å²) in [4.78, 5) is 37.3. The highest BCUT2D eigenvalue weighted by Gasteiger charge is 2.42. The number of aliphatic imine (C=N–C) groups is 1. The number of carbonyl (C=O) groups excluding carboxylic acids is 2. The van der Waals surface area contributed by atoms with Crippen LogP contribution in [0.2, 0.25) is 0 Å². The van der Waals surface area contributed by atoms with E-state index in [2.05, 4.69) is 10.3 Å². The van der Waals surface area contributed by atoms with E-state index in [0.29, 0.717) is 28.7 Å². The first-order valence-corrected chi connectivity index (χ1v) is 12.5. The van der Waals surface area contributed by atoms with Crippen molar-refractivity contribution in [1.82, 2.24) is 15.2 Å². The zero-order valence-electron chi connectivity index (χ0n) is 21.1. The molecule has 3 heterocycles. The van der Waals surface area contributed by atoms with E-state index < -0.39 is 17.6 Å². The van der Waals surface area contributed by atoms with Gasteiger partial charge >= 0.3 is 5.97 Å². The van der Waals surface area contributed by atoms with E-state index in [1.54, 1.807) is 13.3 Å². The van der Waals surface area contributed by atoms with Crippen LogP contribution in [0.4, 0.5) is 0 Å². The Bertz CT molecular complexity index is 1250. The summed E-state index contributed by atoms with van der Waals surface area (Å²) in [5, 5.41) is 5.53. The smallest absolute Gasteiger partial charge is 0.338 e. The van der Waals surface area contributed by atoms with Gasteiger partial charge in [-0.1, -0.05) is 36.0 Å². The average Bonchev–Trinajstić information content (AvgIpc) is 3.23. The predicted molar refractivity (Wildman–Crippen MR) is 140 cm³/mol. The molecule has 4 rings (SSSR count). The molecule has 2 aliphatic rings. The topological polar surface area (TPSA) is 93.1 Å². The second-order valence-electron chi connectivity index (χ2n) is 9.41. The van der Waals surface area contributed by atoms with Gasteiger partial charge in [0.05, 0.1) is 43.1 Å². The summed E-state index contributed by atoms with van der Waals surface area (Å²) in [6.07, 6.45) is 1.81. The van der Waals surface area contributed by atoms with Gasteiger partial charge in [0.1, 0.15) is 11.4 Å². The van der Waals surface area contributed by atoms with Crippen LogP contribution >= 0.6 is 11.8 Å². The van der Waals surface area contributed by atoms with Crippen LogP contribution < -0.4 is 10.1 Å². The number of carbonyl (C=O) groups is 2. The molecule has 9 heteroatoms. The van der Waals surface area contributed by atoms with Gasteiger partial charge in [-0.15, -0.1) is 0 Å². The second kappa shape index (κ2) is 10.6. The van der Waals surface area contributed by atoms with Crippen molar-refractivity contribution in [1.29, 1.82) is 0 Å². The number of pyridine rings is 1. The molecule has 0 spiro atoms. The highest BCUT2D eigenvalue weighted by Crippen LogP contribution is 2.47. The summed E-state index contributed by atoms with van der Waals surface area (Å²) in [6, 6.07) is 12.6. The summed E-state index contributed by atoms with van der Waals surface area (Å²) in [6.45, 7) is 7.64. The molecule has 0 saturated carbocycles. The third kappa shape index (κ3) is 5.62. The van der Waals surface area contributed by atoms with Crippen LogP contribution in [-0.4, -0.2) is 39.6 Å². The minimum Gasteiger partial charge on any atom is -0.496 e. The van der Waals surface area contributed by atoms with Crippen LogP contribution in [0.5, 0.6) is 5.75 Å². The Kier molecular flexibility index (Phi) is 7.49. The molecule has 0 aliphatic carbocycles. The summed E-state index contributed by atoms with van der Waals surface area (Å²) < 4.78 is 11.4. The number of amides is 1. The van der Waals surface area contributed by atoms with Crippen molar-refractivity contribution in [3.8, 4) is 5.75 Å². The number of hydrogen-bond donors (Lipinski definition) is 1. The fourth-order valence-electron chi connectivity index (χ4n) is 4.07. The number of ether oxygens (including phenoxy) is 2. The molecule has 1 aromatic heterocycles. The molecule has 36 heavy (non-hydrogen) atoms. The molecule has 1 amide bonds. The zero-order chi connectivity index (χ0) is 25.9. The SMILES string of the molecule is COc1ccccc1[C@H]1C(C(=O)OC(C)(C)C)=C(C)N=C2SC=C(CC(=O)NCc3ccccn3)N21. The summed E-state index contributed by atoms with van der Waals surface area (Å²) >= 11 is 1.43. The lowest BCUT2D eigenvalue weighted by Gasteiger charge is -2.37. The van der Waals surface area contributed by atoms with Gasteiger partial charge in [-0.3, -0.25) is 9.78 Å². The molecule has 188 valence electrons. The maximum absolute atomic E-state index is 13.5. The quantitative estimate of drug-likeness (QED) is 0.544. The van der Waals surface area contributed by atoms with Gasteiger partial charge in [-0.05, 0) is 51.3 Å². The zero-order valence-corrected chi connectivity index (χ0v) is 21.9. The third-order valence-electron chi connectivity index (χ3n) is 5.59. The van der Waals surface area contributed by atoms with Crippen molar-refractivity contribution in [3.05, 3.63) is 82.3 Å². The standard InChI is InChI=1S/C27H30N4O4S/c1-17-23(25(33)35-27(2,3)4)24(20-11-6-7-12-21(20)34-5)31-19(16-36-26(31)30-17)14-22(32)29-15-18-10-8-9-13-28-18/h6-13,16,24H,14-15H2,1-5H3,(H,29,32)/t24-/m0/s1. The highest BCUT2D eigenvalue weighted by atomic mass is 32.2. The van der Waals surface area contributed by atoms with E-state index in [4.69, 9.17) is 14.5 Å². The van der Waals surface area contributed by atoms with E-state index in [1.807, 2.05) is 80.5 Å². The maximum atomic E-state index is 13.5. The van der Waals surface area contributed by atoms with E-state index >= 15 is 0 Å². The van der Waals surface area contributed by atoms with E-state index in [0.717, 1.165) is 17.0 Å². The molecule has 1 atom stereocenters. The third-order valence-corrected chi connectivity index (χ3v) is 6.48. The normalized spacial score (nSPS) is 17.2. The van der Waals surface area contributed by atoms with Crippen LogP contribution in [0.15, 0.2) is 76.0 Å². The molecule has 8 nitrogen and oxygen atoms in total. The Labute approximate surface area is 215 Å². The van der Waals surface area contributed by atoms with Crippen molar-refractivity contribution in [2.45, 2.75) is 52.3 Å². The van der Waals surface area contributed by atoms with E-state index in [9.17, 15) is 9.59 Å².